The second-order valence-electron chi connectivity index (χ2n) is 4.82. The fourth-order valence-electron chi connectivity index (χ4n) is 2.02. The maximum atomic E-state index is 12.7. The highest BCUT2D eigenvalue weighted by Gasteiger charge is 2.16. The minimum Gasteiger partial charge on any atom is -0.338 e. The minimum atomic E-state index is -2.69. The summed E-state index contributed by atoms with van der Waals surface area (Å²) in [7, 11) is 1.52. The van der Waals surface area contributed by atoms with Gasteiger partial charge in [0.1, 0.15) is 5.82 Å². The maximum Gasteiger partial charge on any atom is 0.319 e. The van der Waals surface area contributed by atoms with E-state index >= 15 is 0 Å². The van der Waals surface area contributed by atoms with Crippen LogP contribution in [0.3, 0.4) is 0 Å². The first-order valence-corrected chi connectivity index (χ1v) is 7.47. The van der Waals surface area contributed by atoms with Gasteiger partial charge >= 0.3 is 11.4 Å². The Hall–Kier alpha value is -2.03. The van der Waals surface area contributed by atoms with E-state index in [0.29, 0.717) is 0 Å². The normalized spacial score (nSPS) is 11.1. The van der Waals surface area contributed by atoms with Crippen LogP contribution in [0, 0.1) is 6.92 Å². The molecule has 0 aliphatic carbocycles. The molecule has 0 saturated carbocycles. The molecule has 0 N–H and O–H groups in total. The molecule has 0 fully saturated rings. The van der Waals surface area contributed by atoms with E-state index in [0.717, 1.165) is 21.6 Å². The Kier molecular flexibility index (Phi) is 5.07. The molecule has 2 rings (SSSR count). The van der Waals surface area contributed by atoms with Gasteiger partial charge in [-0.15, -0.1) is 0 Å². The van der Waals surface area contributed by atoms with Crippen molar-refractivity contribution in [2.24, 2.45) is 0 Å². The smallest absolute Gasteiger partial charge is 0.319 e. The van der Waals surface area contributed by atoms with Crippen LogP contribution < -0.4 is 4.87 Å². The Morgan fingerprint density at radius 3 is 2.82 bits per heavy atom. The number of hydrogen-bond donors (Lipinski definition) is 0. The summed E-state index contributed by atoms with van der Waals surface area (Å²) in [6.07, 6.45) is 2.57. The van der Waals surface area contributed by atoms with Gasteiger partial charge in [-0.2, -0.15) is 8.78 Å². The first kappa shape index (κ1) is 16.3. The van der Waals surface area contributed by atoms with Gasteiger partial charge in [0.15, 0.2) is 0 Å². The molecule has 0 radical (unpaired) electrons. The van der Waals surface area contributed by atoms with E-state index in [2.05, 4.69) is 4.98 Å². The molecule has 0 aromatic carbocycles. The van der Waals surface area contributed by atoms with E-state index < -0.39 is 6.55 Å². The summed E-state index contributed by atoms with van der Waals surface area (Å²) in [5.74, 6) is -0.115. The van der Waals surface area contributed by atoms with Crippen molar-refractivity contribution in [2.45, 2.75) is 33.0 Å². The number of imidazole rings is 1. The zero-order valence-electron chi connectivity index (χ0n) is 12.2. The Balaban J connectivity index is 1.95. The van der Waals surface area contributed by atoms with Crippen molar-refractivity contribution >= 4 is 17.2 Å². The number of alkyl halides is 2. The fraction of sp³-hybridized carbons (Fsp3) is 0.462. The fourth-order valence-corrected chi connectivity index (χ4v) is 2.78. The van der Waals surface area contributed by atoms with Gasteiger partial charge in [-0.3, -0.25) is 14.2 Å². The predicted molar refractivity (Wildman–Crippen MR) is 77.9 cm³/mol. The second-order valence-corrected chi connectivity index (χ2v) is 5.64. The molecule has 0 atom stereocenters. The average molecular weight is 330 g/mol. The molecule has 2 aromatic heterocycles. The monoisotopic (exact) mass is 330 g/mol. The molecule has 1 amide bonds. The first-order valence-electron chi connectivity index (χ1n) is 6.59. The summed E-state index contributed by atoms with van der Waals surface area (Å²) >= 11 is 1.09. The molecule has 6 nitrogen and oxygen atoms in total. The topological polar surface area (TPSA) is 60.1 Å². The number of rotatable bonds is 6. The molecule has 0 aliphatic heterocycles. The van der Waals surface area contributed by atoms with Crippen LogP contribution in [0.1, 0.15) is 24.5 Å². The molecular formula is C13H16F2N4O2S. The highest BCUT2D eigenvalue weighted by Crippen LogP contribution is 2.14. The zero-order valence-corrected chi connectivity index (χ0v) is 13.0. The Labute approximate surface area is 129 Å². The maximum absolute atomic E-state index is 12.7. The summed E-state index contributed by atoms with van der Waals surface area (Å²) in [5.41, 5.74) is 0.804. The van der Waals surface area contributed by atoms with E-state index in [9.17, 15) is 18.4 Å². The van der Waals surface area contributed by atoms with Crippen LogP contribution in [-0.4, -0.2) is 32.0 Å². The van der Waals surface area contributed by atoms with Crippen molar-refractivity contribution in [1.82, 2.24) is 19.0 Å². The van der Waals surface area contributed by atoms with Crippen LogP contribution in [-0.2, 0) is 17.9 Å². The van der Waals surface area contributed by atoms with Gasteiger partial charge in [-0.05, 0) is 6.92 Å². The van der Waals surface area contributed by atoms with E-state index in [1.807, 2.05) is 0 Å². The van der Waals surface area contributed by atoms with Gasteiger partial charge in [0.25, 0.3) is 0 Å². The van der Waals surface area contributed by atoms with Gasteiger partial charge in [0.2, 0.25) is 5.91 Å². The lowest BCUT2D eigenvalue weighted by atomic mass is 10.3. The largest absolute Gasteiger partial charge is 0.338 e. The molecule has 0 aliphatic rings. The molecule has 22 heavy (non-hydrogen) atoms. The number of aryl methyl sites for hydroxylation is 1. The molecular weight excluding hydrogens is 314 g/mol. The van der Waals surface area contributed by atoms with E-state index in [1.165, 1.54) is 28.9 Å². The molecule has 0 saturated heterocycles. The van der Waals surface area contributed by atoms with E-state index in [4.69, 9.17) is 0 Å². The average Bonchev–Trinajstić information content (AvgIpc) is 3.04. The molecule has 2 heterocycles. The van der Waals surface area contributed by atoms with Crippen molar-refractivity contribution in [1.29, 1.82) is 0 Å². The number of thiazole rings is 1. The summed E-state index contributed by atoms with van der Waals surface area (Å²) in [6, 6.07) is 0. The van der Waals surface area contributed by atoms with E-state index in [1.54, 1.807) is 12.3 Å². The highest BCUT2D eigenvalue weighted by atomic mass is 32.1. The quantitative estimate of drug-likeness (QED) is 0.812. The van der Waals surface area contributed by atoms with Crippen LogP contribution in [0.4, 0.5) is 8.78 Å². The lowest BCUT2D eigenvalue weighted by Gasteiger charge is -2.17. The van der Waals surface area contributed by atoms with Gasteiger partial charge in [-0.25, -0.2) is 4.98 Å². The number of carbonyl (C=O) groups is 1. The van der Waals surface area contributed by atoms with Crippen molar-refractivity contribution in [2.75, 3.05) is 7.05 Å². The third-order valence-electron chi connectivity index (χ3n) is 3.29. The third-order valence-corrected chi connectivity index (χ3v) is 4.17. The molecule has 9 heteroatoms. The van der Waals surface area contributed by atoms with Gasteiger partial charge in [-0.1, -0.05) is 11.3 Å². The molecule has 2 aromatic rings. The summed E-state index contributed by atoms with van der Waals surface area (Å²) in [5, 5.41) is 1.73. The Morgan fingerprint density at radius 2 is 2.23 bits per heavy atom. The first-order chi connectivity index (χ1) is 10.4. The summed E-state index contributed by atoms with van der Waals surface area (Å²) in [6.45, 7) is -0.618. The van der Waals surface area contributed by atoms with Gasteiger partial charge < -0.3 is 9.47 Å². The van der Waals surface area contributed by atoms with Crippen molar-refractivity contribution in [3.05, 3.63) is 39.0 Å². The Morgan fingerprint density at radius 1 is 1.50 bits per heavy atom. The summed E-state index contributed by atoms with van der Waals surface area (Å²) < 4.78 is 27.7. The Bertz CT molecular complexity index is 707. The van der Waals surface area contributed by atoms with E-state index in [-0.39, 0.29) is 36.1 Å². The highest BCUT2D eigenvalue weighted by molar-refractivity contribution is 7.07. The number of amides is 1. The second kappa shape index (κ2) is 6.82. The number of aromatic nitrogens is 3. The molecule has 0 bridgehead atoms. The molecule has 0 unspecified atom stereocenters. The van der Waals surface area contributed by atoms with Crippen LogP contribution >= 0.6 is 11.3 Å². The molecule has 0 spiro atoms. The standard InChI is InChI=1S/C13H16F2N4O2S/c1-9-8-22-13(21)18(9)5-3-11(20)17(2)7-10-16-4-6-19(10)12(14)15/h4,6,8,12H,3,5,7H2,1-2H3. The number of carbonyl (C=O) groups excluding carboxylic acids is 1. The number of halogens is 2. The van der Waals surface area contributed by atoms with Gasteiger partial charge in [0, 0.05) is 43.5 Å². The lowest BCUT2D eigenvalue weighted by Crippen LogP contribution is -2.29. The van der Waals surface area contributed by atoms with Crippen molar-refractivity contribution in [3.8, 4) is 0 Å². The zero-order chi connectivity index (χ0) is 16.3. The van der Waals surface area contributed by atoms with Gasteiger partial charge in [0.05, 0.1) is 6.54 Å². The number of nitrogens with zero attached hydrogens (tertiary/aromatic N) is 4. The minimum absolute atomic E-state index is 0.00626. The predicted octanol–water partition coefficient (Wildman–Crippen LogP) is 1.86. The van der Waals surface area contributed by atoms with Crippen molar-refractivity contribution < 1.29 is 13.6 Å². The summed E-state index contributed by atoms with van der Waals surface area (Å²) in [4.78, 5) is 28.7. The van der Waals surface area contributed by atoms with Crippen LogP contribution in [0.5, 0.6) is 0 Å². The lowest BCUT2D eigenvalue weighted by molar-refractivity contribution is -0.130. The SMILES string of the molecule is Cc1csc(=O)n1CCC(=O)N(C)Cc1nccn1C(F)F. The third kappa shape index (κ3) is 3.59. The van der Waals surface area contributed by atoms with Crippen LogP contribution in [0.2, 0.25) is 0 Å². The van der Waals surface area contributed by atoms with Crippen molar-refractivity contribution in [3.63, 3.8) is 0 Å². The van der Waals surface area contributed by atoms with Crippen LogP contribution in [0.25, 0.3) is 0 Å². The van der Waals surface area contributed by atoms with Crippen LogP contribution in [0.15, 0.2) is 22.6 Å². The number of hydrogen-bond acceptors (Lipinski definition) is 4. The molecule has 120 valence electrons.